The summed E-state index contributed by atoms with van der Waals surface area (Å²) in [6, 6.07) is 1.77. The molecule has 7 heteroatoms. The molecule has 0 spiro atoms. The summed E-state index contributed by atoms with van der Waals surface area (Å²) in [6.07, 6.45) is 0.840. The van der Waals surface area contributed by atoms with Gasteiger partial charge in [-0.15, -0.1) is 11.3 Å². The highest BCUT2D eigenvalue weighted by Gasteiger charge is 2.22. The highest BCUT2D eigenvalue weighted by atomic mass is 32.2. The lowest BCUT2D eigenvalue weighted by Crippen LogP contribution is -2.34. The molecule has 0 saturated heterocycles. The summed E-state index contributed by atoms with van der Waals surface area (Å²) in [7, 11) is -3.51. The van der Waals surface area contributed by atoms with Gasteiger partial charge in [0, 0.05) is 18.3 Å². The monoisotopic (exact) mass is 259 g/mol. The van der Waals surface area contributed by atoms with Crippen LogP contribution in [-0.4, -0.2) is 25.2 Å². The number of thiazole rings is 1. The summed E-state index contributed by atoms with van der Waals surface area (Å²) >= 11 is 1.47. The van der Waals surface area contributed by atoms with Crippen LogP contribution >= 0.6 is 11.3 Å². The van der Waals surface area contributed by atoms with Gasteiger partial charge in [-0.2, -0.15) is 5.26 Å². The number of sulfonamides is 1. The number of aromatic nitrogens is 1. The smallest absolute Gasteiger partial charge is 0.227 e. The Bertz CT molecular complexity index is 448. The molecule has 0 bridgehead atoms. The Hall–Kier alpha value is -0.970. The first-order valence-corrected chi connectivity index (χ1v) is 7.34. The largest absolute Gasteiger partial charge is 0.250 e. The Labute approximate surface area is 99.2 Å². The summed E-state index contributed by atoms with van der Waals surface area (Å²) in [5.41, 5.74) is 2.56. The van der Waals surface area contributed by atoms with Crippen molar-refractivity contribution in [2.45, 2.75) is 25.0 Å². The van der Waals surface area contributed by atoms with Gasteiger partial charge in [0.05, 0.1) is 17.3 Å². The molecule has 0 amide bonds. The third-order valence-electron chi connectivity index (χ3n) is 2.06. The van der Waals surface area contributed by atoms with Gasteiger partial charge >= 0.3 is 0 Å². The maximum atomic E-state index is 11.6. The molecule has 0 fully saturated rings. The average molecular weight is 259 g/mol. The standard InChI is InChI=1S/C9H13N3O2S2/c1-2-9(5-10)16(13,14)12-4-3-8-6-15-7-11-8/h6-7,9,12H,2-4H2,1H3. The first-order chi connectivity index (χ1) is 7.60. The Morgan fingerprint density at radius 3 is 2.94 bits per heavy atom. The van der Waals surface area contributed by atoms with Gasteiger partial charge in [0.2, 0.25) is 10.0 Å². The van der Waals surface area contributed by atoms with Crippen molar-refractivity contribution in [2.24, 2.45) is 0 Å². The van der Waals surface area contributed by atoms with Crippen LogP contribution in [0.25, 0.3) is 0 Å². The van der Waals surface area contributed by atoms with Crippen molar-refractivity contribution in [3.8, 4) is 6.07 Å². The zero-order valence-electron chi connectivity index (χ0n) is 8.88. The minimum Gasteiger partial charge on any atom is -0.250 e. The van der Waals surface area contributed by atoms with E-state index in [1.807, 2.05) is 5.38 Å². The Morgan fingerprint density at radius 2 is 2.44 bits per heavy atom. The summed E-state index contributed by atoms with van der Waals surface area (Å²) < 4.78 is 25.6. The van der Waals surface area contributed by atoms with E-state index in [-0.39, 0.29) is 6.54 Å². The van der Waals surface area contributed by atoms with E-state index in [4.69, 9.17) is 5.26 Å². The van der Waals surface area contributed by atoms with Crippen molar-refractivity contribution in [3.63, 3.8) is 0 Å². The number of hydrogen-bond acceptors (Lipinski definition) is 5. The topological polar surface area (TPSA) is 82.8 Å². The third-order valence-corrected chi connectivity index (χ3v) is 4.49. The van der Waals surface area contributed by atoms with Crippen molar-refractivity contribution >= 4 is 21.4 Å². The molecule has 1 atom stereocenters. The van der Waals surface area contributed by atoms with Crippen LogP contribution in [0.1, 0.15) is 19.0 Å². The van der Waals surface area contributed by atoms with Crippen molar-refractivity contribution in [3.05, 3.63) is 16.6 Å². The van der Waals surface area contributed by atoms with Crippen LogP contribution in [0.2, 0.25) is 0 Å². The number of rotatable bonds is 6. The molecule has 1 unspecified atom stereocenters. The van der Waals surface area contributed by atoms with Gasteiger partial charge in [0.15, 0.2) is 5.25 Å². The average Bonchev–Trinajstić information content (AvgIpc) is 2.71. The lowest BCUT2D eigenvalue weighted by atomic mass is 10.3. The van der Waals surface area contributed by atoms with E-state index in [2.05, 4.69) is 9.71 Å². The van der Waals surface area contributed by atoms with Crippen LogP contribution in [-0.2, 0) is 16.4 Å². The zero-order chi connectivity index (χ0) is 12.0. The Morgan fingerprint density at radius 1 is 1.69 bits per heavy atom. The molecule has 1 aromatic rings. The quantitative estimate of drug-likeness (QED) is 0.823. The highest BCUT2D eigenvalue weighted by molar-refractivity contribution is 7.90. The first kappa shape index (κ1) is 13.1. The maximum Gasteiger partial charge on any atom is 0.227 e. The molecule has 0 aromatic carbocycles. The number of nitrogens with zero attached hydrogens (tertiary/aromatic N) is 2. The van der Waals surface area contributed by atoms with Gasteiger partial charge in [0.1, 0.15) is 0 Å². The molecule has 0 radical (unpaired) electrons. The van der Waals surface area contributed by atoms with Gasteiger partial charge in [-0.1, -0.05) is 6.92 Å². The second-order valence-corrected chi connectivity index (χ2v) is 5.86. The molecule has 0 saturated carbocycles. The van der Waals surface area contributed by atoms with E-state index < -0.39 is 15.3 Å². The fourth-order valence-corrected chi connectivity index (χ4v) is 2.92. The molecule has 1 aromatic heterocycles. The summed E-state index contributed by atoms with van der Waals surface area (Å²) in [5, 5.41) is 9.57. The minimum atomic E-state index is -3.51. The molecule has 0 aliphatic rings. The Balaban J connectivity index is 2.46. The molecule has 88 valence electrons. The van der Waals surface area contributed by atoms with E-state index >= 15 is 0 Å². The highest BCUT2D eigenvalue weighted by Crippen LogP contribution is 2.04. The molecule has 1 rings (SSSR count). The van der Waals surface area contributed by atoms with E-state index in [0.717, 1.165) is 5.69 Å². The second-order valence-electron chi connectivity index (χ2n) is 3.20. The van der Waals surface area contributed by atoms with Gasteiger partial charge in [-0.25, -0.2) is 18.1 Å². The van der Waals surface area contributed by atoms with E-state index in [1.54, 1.807) is 18.5 Å². The van der Waals surface area contributed by atoms with Crippen molar-refractivity contribution in [1.29, 1.82) is 5.26 Å². The van der Waals surface area contributed by atoms with Crippen LogP contribution in [0.3, 0.4) is 0 Å². The summed E-state index contributed by atoms with van der Waals surface area (Å²) in [6.45, 7) is 1.96. The van der Waals surface area contributed by atoms with Crippen LogP contribution in [0.4, 0.5) is 0 Å². The molecule has 0 aliphatic carbocycles. The second kappa shape index (κ2) is 5.94. The molecule has 5 nitrogen and oxygen atoms in total. The number of nitriles is 1. The van der Waals surface area contributed by atoms with E-state index in [0.29, 0.717) is 12.8 Å². The lowest BCUT2D eigenvalue weighted by molar-refractivity contribution is 0.572. The fourth-order valence-electron chi connectivity index (χ4n) is 1.16. The van der Waals surface area contributed by atoms with Crippen LogP contribution in [0, 0.1) is 11.3 Å². The third kappa shape index (κ3) is 3.56. The molecular weight excluding hydrogens is 246 g/mol. The zero-order valence-corrected chi connectivity index (χ0v) is 10.5. The van der Waals surface area contributed by atoms with Crippen LogP contribution in [0.15, 0.2) is 10.9 Å². The lowest BCUT2D eigenvalue weighted by Gasteiger charge is -2.08. The SMILES string of the molecule is CCC(C#N)S(=O)(=O)NCCc1cscn1. The summed E-state index contributed by atoms with van der Waals surface area (Å²) in [4.78, 5) is 4.04. The van der Waals surface area contributed by atoms with Crippen LogP contribution < -0.4 is 4.72 Å². The molecular formula is C9H13N3O2S2. The van der Waals surface area contributed by atoms with Gasteiger partial charge in [0.25, 0.3) is 0 Å². The van der Waals surface area contributed by atoms with Gasteiger partial charge in [-0.3, -0.25) is 0 Å². The van der Waals surface area contributed by atoms with Gasteiger partial charge in [-0.05, 0) is 6.42 Å². The molecule has 0 aliphatic heterocycles. The minimum absolute atomic E-state index is 0.282. The molecule has 16 heavy (non-hydrogen) atoms. The van der Waals surface area contributed by atoms with Crippen molar-refractivity contribution in [1.82, 2.24) is 9.71 Å². The van der Waals surface area contributed by atoms with Crippen LogP contribution in [0.5, 0.6) is 0 Å². The molecule has 1 heterocycles. The number of hydrogen-bond donors (Lipinski definition) is 1. The molecule has 1 N–H and O–H groups in total. The normalized spacial score (nSPS) is 13.2. The van der Waals surface area contributed by atoms with Crippen molar-refractivity contribution < 1.29 is 8.42 Å². The van der Waals surface area contributed by atoms with E-state index in [9.17, 15) is 8.42 Å². The fraction of sp³-hybridized carbons (Fsp3) is 0.556. The number of nitrogens with one attached hydrogen (secondary N) is 1. The Kier molecular flexibility index (Phi) is 4.86. The van der Waals surface area contributed by atoms with Gasteiger partial charge < -0.3 is 0 Å². The first-order valence-electron chi connectivity index (χ1n) is 4.85. The summed E-state index contributed by atoms with van der Waals surface area (Å²) in [5.74, 6) is 0. The predicted molar refractivity (Wildman–Crippen MR) is 62.4 cm³/mol. The van der Waals surface area contributed by atoms with E-state index in [1.165, 1.54) is 11.3 Å². The van der Waals surface area contributed by atoms with Crippen molar-refractivity contribution in [2.75, 3.05) is 6.54 Å². The maximum absolute atomic E-state index is 11.6. The predicted octanol–water partition coefficient (Wildman–Crippen LogP) is 0.907.